The van der Waals surface area contributed by atoms with E-state index in [4.69, 9.17) is 17.0 Å². The Morgan fingerprint density at radius 3 is 2.52 bits per heavy atom. The number of rotatable bonds is 8. The zero-order valence-electron chi connectivity index (χ0n) is 14.2. The van der Waals surface area contributed by atoms with Crippen molar-refractivity contribution in [3.05, 3.63) is 58.3 Å². The molecule has 0 radical (unpaired) electrons. The number of methoxy groups -OCH3 is 1. The van der Waals surface area contributed by atoms with Crippen molar-refractivity contribution in [3.8, 4) is 0 Å². The lowest BCUT2D eigenvalue weighted by atomic mass is 9.94. The Balaban J connectivity index is 2.16. The summed E-state index contributed by atoms with van der Waals surface area (Å²) in [5, 5.41) is 6.89. The number of ether oxygens (including phenoxy) is 1. The normalized spacial score (nSPS) is 12.9. The first-order valence-electron chi connectivity index (χ1n) is 7.95. The van der Waals surface area contributed by atoms with Gasteiger partial charge in [-0.15, -0.1) is 0 Å². The van der Waals surface area contributed by atoms with Gasteiger partial charge in [-0.3, -0.25) is 0 Å². The highest BCUT2D eigenvalue weighted by atomic mass is 32.1. The van der Waals surface area contributed by atoms with Gasteiger partial charge in [0.25, 0.3) is 0 Å². The highest BCUT2D eigenvalue weighted by Crippen LogP contribution is 2.21. The van der Waals surface area contributed by atoms with E-state index in [0.717, 1.165) is 11.1 Å². The molecule has 1 N–H and O–H groups in total. The Kier molecular flexibility index (Phi) is 7.28. The van der Waals surface area contributed by atoms with Crippen LogP contribution >= 0.6 is 23.6 Å². The maximum Gasteiger partial charge on any atom is 0.333 e. The van der Waals surface area contributed by atoms with Crippen LogP contribution in [0.5, 0.6) is 0 Å². The van der Waals surface area contributed by atoms with Crippen molar-refractivity contribution in [2.24, 2.45) is 5.92 Å². The third-order valence-electron chi connectivity index (χ3n) is 3.83. The van der Waals surface area contributed by atoms with Gasteiger partial charge in [0.05, 0.1) is 12.1 Å². The van der Waals surface area contributed by atoms with E-state index >= 15 is 0 Å². The quantitative estimate of drug-likeness (QED) is 0.563. The fraction of sp³-hybridized carbons (Fsp3) is 0.316. The zero-order chi connectivity index (χ0) is 18.2. The third kappa shape index (κ3) is 5.76. The molecule has 4 nitrogen and oxygen atoms in total. The van der Waals surface area contributed by atoms with Gasteiger partial charge in [0.1, 0.15) is 5.78 Å². The molecule has 0 spiro atoms. The minimum atomic E-state index is -0.658. The van der Waals surface area contributed by atoms with E-state index < -0.39 is 12.0 Å². The first-order valence-corrected chi connectivity index (χ1v) is 9.30. The maximum absolute atomic E-state index is 12.1. The van der Waals surface area contributed by atoms with E-state index in [-0.39, 0.29) is 11.7 Å². The van der Waals surface area contributed by atoms with Crippen LogP contribution in [0.25, 0.3) is 0 Å². The maximum atomic E-state index is 12.1. The first-order chi connectivity index (χ1) is 12.0. The van der Waals surface area contributed by atoms with E-state index in [1.165, 1.54) is 18.4 Å². The largest absolute Gasteiger partial charge is 0.467 e. The fourth-order valence-corrected chi connectivity index (χ4v) is 3.57. The summed E-state index contributed by atoms with van der Waals surface area (Å²) in [6.07, 6.45) is 0.974. The Labute approximate surface area is 157 Å². The number of thiophene rings is 1. The molecule has 25 heavy (non-hydrogen) atoms. The number of nitrogens with one attached hydrogen (secondary N) is 1. The van der Waals surface area contributed by atoms with Crippen molar-refractivity contribution < 1.29 is 14.3 Å². The Hall–Kier alpha value is -2.05. The number of esters is 1. The number of thiocarbonyl (C=S) groups is 1. The van der Waals surface area contributed by atoms with Crippen LogP contribution in [0, 0.1) is 5.92 Å². The molecule has 2 rings (SSSR count). The van der Waals surface area contributed by atoms with Crippen LogP contribution < -0.4 is 5.32 Å². The lowest BCUT2D eigenvalue weighted by Crippen LogP contribution is -2.38. The minimum absolute atomic E-state index is 0.0650. The van der Waals surface area contributed by atoms with E-state index in [1.807, 2.05) is 47.2 Å². The topological polar surface area (TPSA) is 55.4 Å². The van der Waals surface area contributed by atoms with Crippen molar-refractivity contribution >= 4 is 40.3 Å². The van der Waals surface area contributed by atoms with Crippen LogP contribution in [-0.2, 0) is 20.7 Å². The highest BCUT2D eigenvalue weighted by Gasteiger charge is 2.26. The fourth-order valence-electron chi connectivity index (χ4n) is 2.60. The molecule has 132 valence electrons. The van der Waals surface area contributed by atoms with Gasteiger partial charge in [-0.25, -0.2) is 4.79 Å². The predicted octanol–water partition coefficient (Wildman–Crippen LogP) is 3.72. The standard InChI is InChI=1S/C19H21NO3S2/c1-13(21)10-16(11-14-6-4-3-5-7-14)18(24)20-17(19(22)23-2)15-8-9-25-12-15/h3-9,12,16-17H,10-11H2,1-2H3,(H,20,24). The number of Topliss-reactive ketones (excluding diaryl/α,β-unsaturated/α-hetero) is 1. The Morgan fingerprint density at radius 2 is 1.96 bits per heavy atom. The van der Waals surface area contributed by atoms with Gasteiger partial charge in [0.15, 0.2) is 6.04 Å². The molecule has 0 fully saturated rings. The predicted molar refractivity (Wildman–Crippen MR) is 104 cm³/mol. The van der Waals surface area contributed by atoms with Gasteiger partial charge in [-0.2, -0.15) is 11.3 Å². The molecule has 0 aliphatic heterocycles. The van der Waals surface area contributed by atoms with Crippen LogP contribution in [0.1, 0.15) is 30.5 Å². The summed E-state index contributed by atoms with van der Waals surface area (Å²) in [4.78, 5) is 24.3. The number of carbonyl (C=O) groups is 2. The smallest absolute Gasteiger partial charge is 0.333 e. The minimum Gasteiger partial charge on any atom is -0.467 e. The molecule has 2 unspecified atom stereocenters. The van der Waals surface area contributed by atoms with Crippen LogP contribution in [0.15, 0.2) is 47.2 Å². The van der Waals surface area contributed by atoms with Gasteiger partial charge in [0, 0.05) is 12.3 Å². The van der Waals surface area contributed by atoms with Crippen LogP contribution in [0.3, 0.4) is 0 Å². The summed E-state index contributed by atoms with van der Waals surface area (Å²) in [5.74, 6) is -0.502. The number of hydrogen-bond donors (Lipinski definition) is 1. The molecular weight excluding hydrogens is 354 g/mol. The first kappa shape index (κ1) is 19.3. The number of carbonyl (C=O) groups excluding carboxylic acids is 2. The van der Waals surface area contributed by atoms with Crippen molar-refractivity contribution in [2.45, 2.75) is 25.8 Å². The molecule has 0 saturated carbocycles. The van der Waals surface area contributed by atoms with E-state index in [2.05, 4.69) is 5.32 Å². The molecule has 0 aliphatic rings. The Morgan fingerprint density at radius 1 is 1.24 bits per heavy atom. The molecule has 1 aromatic carbocycles. The van der Waals surface area contributed by atoms with Crippen LogP contribution in [0.4, 0.5) is 0 Å². The molecule has 0 aliphatic carbocycles. The number of ketones is 1. The molecule has 0 bridgehead atoms. The van der Waals surface area contributed by atoms with Gasteiger partial charge in [-0.1, -0.05) is 42.5 Å². The number of hydrogen-bond acceptors (Lipinski definition) is 5. The second-order valence-electron chi connectivity index (χ2n) is 5.81. The monoisotopic (exact) mass is 375 g/mol. The molecule has 0 saturated heterocycles. The highest BCUT2D eigenvalue weighted by molar-refractivity contribution is 7.80. The number of benzene rings is 1. The van der Waals surface area contributed by atoms with Crippen LogP contribution in [0.2, 0.25) is 0 Å². The van der Waals surface area contributed by atoms with Crippen LogP contribution in [-0.4, -0.2) is 23.9 Å². The summed E-state index contributed by atoms with van der Waals surface area (Å²) in [7, 11) is 1.35. The summed E-state index contributed by atoms with van der Waals surface area (Å²) in [5.41, 5.74) is 1.91. The van der Waals surface area contributed by atoms with Crippen molar-refractivity contribution in [3.63, 3.8) is 0 Å². The van der Waals surface area contributed by atoms with Gasteiger partial charge < -0.3 is 14.8 Å². The lowest BCUT2D eigenvalue weighted by Gasteiger charge is -2.23. The zero-order valence-corrected chi connectivity index (χ0v) is 15.9. The molecule has 2 atom stereocenters. The molecule has 0 amide bonds. The summed E-state index contributed by atoms with van der Waals surface area (Å²) < 4.78 is 4.89. The van der Waals surface area contributed by atoms with E-state index in [9.17, 15) is 9.59 Å². The molecular formula is C19H21NO3S2. The molecule has 6 heteroatoms. The van der Waals surface area contributed by atoms with Gasteiger partial charge in [0.2, 0.25) is 0 Å². The second kappa shape index (κ2) is 9.44. The van der Waals surface area contributed by atoms with E-state index in [1.54, 1.807) is 6.92 Å². The Bertz CT molecular complexity index is 714. The third-order valence-corrected chi connectivity index (χ3v) is 4.98. The van der Waals surface area contributed by atoms with Crippen molar-refractivity contribution in [1.29, 1.82) is 0 Å². The van der Waals surface area contributed by atoms with Gasteiger partial charge in [-0.05, 0) is 41.3 Å². The molecule has 1 aromatic heterocycles. The average molecular weight is 376 g/mol. The van der Waals surface area contributed by atoms with E-state index in [0.29, 0.717) is 17.8 Å². The molecule has 2 aromatic rings. The van der Waals surface area contributed by atoms with Crippen molar-refractivity contribution in [2.75, 3.05) is 7.11 Å². The summed E-state index contributed by atoms with van der Waals surface area (Å²) in [6, 6.07) is 11.1. The SMILES string of the molecule is COC(=O)C(NC(=S)C(CC(C)=O)Cc1ccccc1)c1ccsc1. The van der Waals surface area contributed by atoms with Gasteiger partial charge >= 0.3 is 5.97 Å². The average Bonchev–Trinajstić information content (AvgIpc) is 3.13. The lowest BCUT2D eigenvalue weighted by molar-refractivity contribution is -0.142. The second-order valence-corrected chi connectivity index (χ2v) is 7.03. The molecule has 1 heterocycles. The summed E-state index contributed by atoms with van der Waals surface area (Å²) in [6.45, 7) is 1.55. The summed E-state index contributed by atoms with van der Waals surface area (Å²) >= 11 is 7.04. The van der Waals surface area contributed by atoms with Crippen molar-refractivity contribution in [1.82, 2.24) is 5.32 Å².